The lowest BCUT2D eigenvalue weighted by Gasteiger charge is -2.63. The number of carbonyl (C=O) groups is 1. The summed E-state index contributed by atoms with van der Waals surface area (Å²) < 4.78 is 6.91. The summed E-state index contributed by atoms with van der Waals surface area (Å²) in [5.74, 6) is -2.40. The molecule has 11 atom stereocenters. The Bertz CT molecular complexity index is 970. The van der Waals surface area contributed by atoms with E-state index in [9.17, 15) is 20.1 Å². The average molecular weight is 503 g/mol. The van der Waals surface area contributed by atoms with Gasteiger partial charge >= 0.3 is 5.97 Å². The number of rotatable bonds is 3. The molecule has 0 aromatic carbocycles. The van der Waals surface area contributed by atoms with Crippen molar-refractivity contribution in [2.24, 2.45) is 51.2 Å². The molecule has 5 aliphatic rings. The number of aliphatic hydroxyl groups is 2. The molecule has 0 spiro atoms. The Kier molecular flexibility index (Phi) is 5.97. The van der Waals surface area contributed by atoms with Gasteiger partial charge in [0.1, 0.15) is 0 Å². The van der Waals surface area contributed by atoms with Crippen molar-refractivity contribution in [1.82, 2.24) is 0 Å². The quantitative estimate of drug-likeness (QED) is 0.401. The number of hydrogen-bond donors (Lipinski definition) is 3. The van der Waals surface area contributed by atoms with Crippen LogP contribution in [0.25, 0.3) is 0 Å². The van der Waals surface area contributed by atoms with E-state index >= 15 is 0 Å². The van der Waals surface area contributed by atoms with Gasteiger partial charge in [-0.1, -0.05) is 66.5 Å². The van der Waals surface area contributed by atoms with Crippen LogP contribution in [0, 0.1) is 51.2 Å². The fourth-order valence-electron chi connectivity index (χ4n) is 10.6. The molecule has 3 fully saturated rings. The number of aliphatic hydroxyl groups excluding tert-OH is 1. The number of carboxylic acid groups (broad SMARTS) is 1. The topological polar surface area (TPSA) is 87.0 Å². The SMILES string of the molecule is CC(C(=O)O)C(C)C1(O)C[C@@H](C)[C@H]2CC[C@@]3(C)C4=C(C[C@@H](O1)[C@]23C)[C@@]1(C)CC[C@@H](O)C(C)(C)[C@@H]1CC4. The highest BCUT2D eigenvalue weighted by molar-refractivity contribution is 5.70. The lowest BCUT2D eigenvalue weighted by Crippen LogP contribution is -2.59. The van der Waals surface area contributed by atoms with Crippen LogP contribution >= 0.6 is 0 Å². The number of hydrogen-bond acceptors (Lipinski definition) is 4. The molecule has 204 valence electrons. The predicted molar refractivity (Wildman–Crippen MR) is 140 cm³/mol. The van der Waals surface area contributed by atoms with Crippen LogP contribution in [-0.2, 0) is 9.53 Å². The van der Waals surface area contributed by atoms with Gasteiger partial charge < -0.3 is 20.1 Å². The molecule has 3 N–H and O–H groups in total. The van der Waals surface area contributed by atoms with Crippen molar-refractivity contribution in [2.45, 2.75) is 125 Å². The second-order valence-electron chi connectivity index (χ2n) is 14.9. The maximum atomic E-state index is 12.1. The van der Waals surface area contributed by atoms with Crippen LogP contribution in [0.1, 0.15) is 107 Å². The van der Waals surface area contributed by atoms with Crippen molar-refractivity contribution in [3.63, 3.8) is 0 Å². The zero-order valence-corrected chi connectivity index (χ0v) is 23.9. The van der Waals surface area contributed by atoms with E-state index in [0.29, 0.717) is 18.3 Å². The first-order valence-electron chi connectivity index (χ1n) is 14.6. The van der Waals surface area contributed by atoms with Crippen molar-refractivity contribution in [1.29, 1.82) is 0 Å². The zero-order valence-electron chi connectivity index (χ0n) is 23.9. The average Bonchev–Trinajstić information content (AvgIpc) is 3.04. The Hall–Kier alpha value is -0.910. The molecule has 0 bridgehead atoms. The molecule has 0 aromatic heterocycles. The van der Waals surface area contributed by atoms with Gasteiger partial charge in [0.25, 0.3) is 0 Å². The van der Waals surface area contributed by atoms with Gasteiger partial charge in [0.15, 0.2) is 5.79 Å². The highest BCUT2D eigenvalue weighted by atomic mass is 16.6. The van der Waals surface area contributed by atoms with Crippen LogP contribution in [0.4, 0.5) is 0 Å². The van der Waals surface area contributed by atoms with Gasteiger partial charge in [0.05, 0.1) is 18.1 Å². The Morgan fingerprint density at radius 1 is 1.03 bits per heavy atom. The van der Waals surface area contributed by atoms with Crippen LogP contribution in [0.5, 0.6) is 0 Å². The molecule has 0 radical (unpaired) electrons. The molecule has 1 saturated heterocycles. The minimum Gasteiger partial charge on any atom is -0.481 e. The minimum atomic E-state index is -1.45. The smallest absolute Gasteiger partial charge is 0.306 e. The molecule has 4 aliphatic carbocycles. The van der Waals surface area contributed by atoms with Gasteiger partial charge in [-0.2, -0.15) is 0 Å². The molecular weight excluding hydrogens is 452 g/mol. The number of allylic oxidation sites excluding steroid dienone is 1. The van der Waals surface area contributed by atoms with Crippen molar-refractivity contribution >= 4 is 5.97 Å². The third-order valence-corrected chi connectivity index (χ3v) is 13.3. The molecule has 0 amide bonds. The van der Waals surface area contributed by atoms with E-state index in [2.05, 4.69) is 41.5 Å². The monoisotopic (exact) mass is 502 g/mol. The maximum absolute atomic E-state index is 12.1. The molecule has 5 heteroatoms. The van der Waals surface area contributed by atoms with Gasteiger partial charge in [0.2, 0.25) is 0 Å². The fraction of sp³-hybridized carbons (Fsp3) is 0.903. The molecule has 1 heterocycles. The normalized spacial score (nSPS) is 51.4. The van der Waals surface area contributed by atoms with E-state index in [4.69, 9.17) is 4.74 Å². The number of ether oxygens (including phenoxy) is 1. The Morgan fingerprint density at radius 2 is 1.69 bits per heavy atom. The molecule has 1 aliphatic heterocycles. The number of carboxylic acids is 1. The zero-order chi connectivity index (χ0) is 26.6. The van der Waals surface area contributed by atoms with E-state index in [1.807, 2.05) is 6.92 Å². The van der Waals surface area contributed by atoms with Crippen molar-refractivity contribution < 1.29 is 24.9 Å². The van der Waals surface area contributed by atoms with Crippen LogP contribution < -0.4 is 0 Å². The third kappa shape index (κ3) is 3.21. The van der Waals surface area contributed by atoms with Crippen LogP contribution in [0.3, 0.4) is 0 Å². The Labute approximate surface area is 218 Å². The van der Waals surface area contributed by atoms with Gasteiger partial charge in [-0.05, 0) is 78.9 Å². The van der Waals surface area contributed by atoms with E-state index in [1.54, 1.807) is 18.1 Å². The van der Waals surface area contributed by atoms with Crippen LogP contribution in [0.2, 0.25) is 0 Å². The first-order chi connectivity index (χ1) is 16.5. The summed E-state index contributed by atoms with van der Waals surface area (Å²) in [6.07, 6.45) is 7.25. The molecule has 5 nitrogen and oxygen atoms in total. The molecule has 5 rings (SSSR count). The van der Waals surface area contributed by atoms with Crippen LogP contribution in [0.15, 0.2) is 11.1 Å². The summed E-state index contributed by atoms with van der Waals surface area (Å²) in [6, 6.07) is 0. The van der Waals surface area contributed by atoms with Gasteiger partial charge in [-0.3, -0.25) is 4.79 Å². The summed E-state index contributed by atoms with van der Waals surface area (Å²) in [7, 11) is 0. The highest BCUT2D eigenvalue weighted by Gasteiger charge is 2.69. The highest BCUT2D eigenvalue weighted by Crippen LogP contribution is 2.74. The van der Waals surface area contributed by atoms with Gasteiger partial charge in [-0.25, -0.2) is 0 Å². The predicted octanol–water partition coefficient (Wildman–Crippen LogP) is 6.18. The molecule has 2 saturated carbocycles. The first-order valence-corrected chi connectivity index (χ1v) is 14.6. The molecule has 3 unspecified atom stereocenters. The fourth-order valence-corrected chi connectivity index (χ4v) is 10.6. The summed E-state index contributed by atoms with van der Waals surface area (Å²) in [6.45, 7) is 17.7. The van der Waals surface area contributed by atoms with E-state index in [0.717, 1.165) is 44.9 Å². The summed E-state index contributed by atoms with van der Waals surface area (Å²) in [5.41, 5.74) is 3.03. The van der Waals surface area contributed by atoms with Gasteiger partial charge in [0, 0.05) is 17.8 Å². The van der Waals surface area contributed by atoms with Crippen molar-refractivity contribution in [3.05, 3.63) is 11.1 Å². The molecule has 36 heavy (non-hydrogen) atoms. The minimum absolute atomic E-state index is 0.0191. The summed E-state index contributed by atoms with van der Waals surface area (Å²) in [5, 5.41) is 32.7. The molecular formula is C31H50O5. The van der Waals surface area contributed by atoms with Crippen molar-refractivity contribution in [2.75, 3.05) is 0 Å². The maximum Gasteiger partial charge on any atom is 0.306 e. The molecule has 0 aromatic rings. The Balaban J connectivity index is 1.62. The standard InChI is InChI=1S/C31H50O5/c1-17-16-31(35,19(3)18(2)26(33)34)36-25-15-22-21(29(7)14-11-20(17)30(25,29)8)9-10-23-27(4,5)24(32)12-13-28(22,23)6/h17-20,23-25,32,35H,9-16H2,1-8H3,(H,33,34)/t17-,18?,19?,20-,23+,24-,25-,28-,29+,30+,31?/m1/s1. The summed E-state index contributed by atoms with van der Waals surface area (Å²) in [4.78, 5) is 11.9. The van der Waals surface area contributed by atoms with E-state index in [-0.39, 0.29) is 39.8 Å². The van der Waals surface area contributed by atoms with E-state index in [1.165, 1.54) is 0 Å². The number of fused-ring (bicyclic) bond motifs is 3. The third-order valence-electron chi connectivity index (χ3n) is 13.3. The second kappa shape index (κ2) is 8.05. The lowest BCUT2D eigenvalue weighted by molar-refractivity contribution is -0.286. The Morgan fingerprint density at radius 3 is 2.33 bits per heavy atom. The van der Waals surface area contributed by atoms with Crippen molar-refractivity contribution in [3.8, 4) is 0 Å². The summed E-state index contributed by atoms with van der Waals surface area (Å²) >= 11 is 0. The second-order valence-corrected chi connectivity index (χ2v) is 14.9. The first kappa shape index (κ1) is 26.7. The van der Waals surface area contributed by atoms with E-state index < -0.39 is 23.6 Å². The number of aliphatic carboxylic acids is 1. The largest absolute Gasteiger partial charge is 0.481 e. The van der Waals surface area contributed by atoms with Crippen LogP contribution in [-0.4, -0.2) is 39.3 Å². The van der Waals surface area contributed by atoms with Gasteiger partial charge in [-0.15, -0.1) is 0 Å². The lowest BCUT2D eigenvalue weighted by atomic mass is 9.43.